The van der Waals surface area contributed by atoms with E-state index in [1.165, 1.54) is 6.07 Å². The Morgan fingerprint density at radius 2 is 2.00 bits per heavy atom. The van der Waals surface area contributed by atoms with Crippen LogP contribution < -0.4 is 10.1 Å². The number of benzene rings is 2. The van der Waals surface area contributed by atoms with Gasteiger partial charge in [0.05, 0.1) is 12.1 Å². The first-order chi connectivity index (χ1) is 9.65. The zero-order valence-electron chi connectivity index (χ0n) is 11.5. The van der Waals surface area contributed by atoms with Gasteiger partial charge in [0.2, 0.25) is 0 Å². The second-order valence-electron chi connectivity index (χ2n) is 4.53. The van der Waals surface area contributed by atoms with Crippen molar-refractivity contribution in [2.24, 2.45) is 0 Å². The van der Waals surface area contributed by atoms with E-state index in [1.807, 2.05) is 37.4 Å². The lowest BCUT2D eigenvalue weighted by Crippen LogP contribution is -2.19. The molecular weight excluding hydrogens is 277 g/mol. The van der Waals surface area contributed by atoms with Gasteiger partial charge in [-0.2, -0.15) is 0 Å². The Bertz CT molecular complexity index is 588. The first-order valence-corrected chi connectivity index (χ1v) is 6.77. The Hall–Kier alpha value is -1.58. The van der Waals surface area contributed by atoms with Crippen LogP contribution in [0.2, 0.25) is 5.02 Å². The average molecular weight is 294 g/mol. The second kappa shape index (κ2) is 6.73. The van der Waals surface area contributed by atoms with Crippen LogP contribution in [0.3, 0.4) is 0 Å². The molecule has 2 nitrogen and oxygen atoms in total. The summed E-state index contributed by atoms with van der Waals surface area (Å²) in [6.45, 7) is 0. The fourth-order valence-electron chi connectivity index (χ4n) is 2.21. The third-order valence-electron chi connectivity index (χ3n) is 3.31. The average Bonchev–Trinajstić information content (AvgIpc) is 2.48. The van der Waals surface area contributed by atoms with Gasteiger partial charge in [0.25, 0.3) is 0 Å². The molecular formula is C16H17ClFNO. The Kier molecular flexibility index (Phi) is 4.99. The third-order valence-corrected chi connectivity index (χ3v) is 3.62. The first kappa shape index (κ1) is 14.8. The molecule has 0 saturated carbocycles. The van der Waals surface area contributed by atoms with Crippen LogP contribution in [0, 0.1) is 5.82 Å². The normalized spacial score (nSPS) is 12.2. The fraction of sp³-hybridized carbons (Fsp3) is 0.250. The SMILES string of the molecule is CNC(Cc1ccccc1OC)c1ccc(Cl)c(F)c1. The molecule has 0 radical (unpaired) electrons. The molecule has 106 valence electrons. The van der Waals surface area contributed by atoms with Crippen LogP contribution in [0.4, 0.5) is 4.39 Å². The highest BCUT2D eigenvalue weighted by atomic mass is 35.5. The van der Waals surface area contributed by atoms with Crippen molar-refractivity contribution in [2.75, 3.05) is 14.2 Å². The van der Waals surface area contributed by atoms with E-state index in [4.69, 9.17) is 16.3 Å². The fourth-order valence-corrected chi connectivity index (χ4v) is 2.32. The summed E-state index contributed by atoms with van der Waals surface area (Å²) in [7, 11) is 3.50. The molecule has 2 aromatic carbocycles. The summed E-state index contributed by atoms with van der Waals surface area (Å²) in [5.74, 6) is 0.437. The minimum absolute atomic E-state index is 0.00179. The second-order valence-corrected chi connectivity index (χ2v) is 4.94. The van der Waals surface area contributed by atoms with Crippen molar-refractivity contribution in [3.05, 3.63) is 64.4 Å². The van der Waals surface area contributed by atoms with E-state index in [0.29, 0.717) is 6.42 Å². The third kappa shape index (κ3) is 3.30. The van der Waals surface area contributed by atoms with Crippen molar-refractivity contribution in [1.82, 2.24) is 5.32 Å². The Labute approximate surface area is 123 Å². The quantitative estimate of drug-likeness (QED) is 0.900. The van der Waals surface area contributed by atoms with Crippen LogP contribution >= 0.6 is 11.6 Å². The predicted molar refractivity (Wildman–Crippen MR) is 79.9 cm³/mol. The van der Waals surface area contributed by atoms with E-state index < -0.39 is 5.82 Å². The maximum absolute atomic E-state index is 13.6. The number of hydrogen-bond donors (Lipinski definition) is 1. The van der Waals surface area contributed by atoms with Gasteiger partial charge in [-0.1, -0.05) is 35.9 Å². The number of methoxy groups -OCH3 is 1. The van der Waals surface area contributed by atoms with Crippen molar-refractivity contribution in [3.63, 3.8) is 0 Å². The zero-order valence-corrected chi connectivity index (χ0v) is 12.2. The molecule has 20 heavy (non-hydrogen) atoms. The molecule has 0 aliphatic heterocycles. The lowest BCUT2D eigenvalue weighted by molar-refractivity contribution is 0.406. The van der Waals surface area contributed by atoms with Crippen LogP contribution in [-0.2, 0) is 6.42 Å². The molecule has 0 saturated heterocycles. The smallest absolute Gasteiger partial charge is 0.142 e. The van der Waals surface area contributed by atoms with Gasteiger partial charge in [-0.25, -0.2) is 4.39 Å². The highest BCUT2D eigenvalue weighted by Gasteiger charge is 2.14. The molecule has 0 amide bonds. The zero-order chi connectivity index (χ0) is 14.5. The summed E-state index contributed by atoms with van der Waals surface area (Å²) < 4.78 is 18.9. The van der Waals surface area contributed by atoms with Gasteiger partial charge in [0.1, 0.15) is 11.6 Å². The topological polar surface area (TPSA) is 21.3 Å². The molecule has 2 rings (SSSR count). The van der Waals surface area contributed by atoms with Crippen LogP contribution in [0.5, 0.6) is 5.75 Å². The van der Waals surface area contributed by atoms with Crippen molar-refractivity contribution in [3.8, 4) is 5.75 Å². The highest BCUT2D eigenvalue weighted by Crippen LogP contribution is 2.26. The molecule has 0 aliphatic rings. The molecule has 1 unspecified atom stereocenters. The lowest BCUT2D eigenvalue weighted by Gasteiger charge is -2.18. The number of rotatable bonds is 5. The van der Waals surface area contributed by atoms with E-state index in [0.717, 1.165) is 16.9 Å². The molecule has 1 atom stereocenters. The summed E-state index contributed by atoms with van der Waals surface area (Å²) >= 11 is 5.72. The number of nitrogens with one attached hydrogen (secondary N) is 1. The summed E-state index contributed by atoms with van der Waals surface area (Å²) in [5, 5.41) is 3.34. The van der Waals surface area contributed by atoms with E-state index in [2.05, 4.69) is 5.32 Å². The van der Waals surface area contributed by atoms with Gasteiger partial charge in [-0.3, -0.25) is 0 Å². The van der Waals surface area contributed by atoms with Crippen molar-refractivity contribution >= 4 is 11.6 Å². The van der Waals surface area contributed by atoms with E-state index >= 15 is 0 Å². The van der Waals surface area contributed by atoms with Gasteiger partial charge < -0.3 is 10.1 Å². The molecule has 0 heterocycles. The molecule has 0 fully saturated rings. The summed E-state index contributed by atoms with van der Waals surface area (Å²) in [5.41, 5.74) is 1.94. The van der Waals surface area contributed by atoms with Crippen molar-refractivity contribution in [1.29, 1.82) is 0 Å². The number of hydrogen-bond acceptors (Lipinski definition) is 2. The van der Waals surface area contributed by atoms with Crippen LogP contribution in [0.15, 0.2) is 42.5 Å². The van der Waals surface area contributed by atoms with E-state index in [-0.39, 0.29) is 11.1 Å². The van der Waals surface area contributed by atoms with Gasteiger partial charge in [0.15, 0.2) is 0 Å². The molecule has 0 bridgehead atoms. The monoisotopic (exact) mass is 293 g/mol. The summed E-state index contributed by atoms with van der Waals surface area (Å²) in [6.07, 6.45) is 0.710. The van der Waals surface area contributed by atoms with E-state index in [9.17, 15) is 4.39 Å². The van der Waals surface area contributed by atoms with Crippen molar-refractivity contribution < 1.29 is 9.13 Å². The predicted octanol–water partition coefficient (Wildman–Crippen LogP) is 3.99. The Morgan fingerprint density at radius 3 is 2.65 bits per heavy atom. The molecule has 0 aliphatic carbocycles. The number of halogens is 2. The number of ether oxygens (including phenoxy) is 1. The van der Waals surface area contributed by atoms with E-state index in [1.54, 1.807) is 13.2 Å². The number of likely N-dealkylation sites (N-methyl/N-ethyl adjacent to an activating group) is 1. The van der Waals surface area contributed by atoms with Gasteiger partial charge >= 0.3 is 0 Å². The highest BCUT2D eigenvalue weighted by molar-refractivity contribution is 6.30. The van der Waals surface area contributed by atoms with Gasteiger partial charge in [0, 0.05) is 6.04 Å². The largest absolute Gasteiger partial charge is 0.496 e. The minimum atomic E-state index is -0.399. The maximum atomic E-state index is 13.6. The standard InChI is InChI=1S/C16H17ClFNO/c1-19-15(11-7-8-13(17)14(18)9-11)10-12-5-3-4-6-16(12)20-2/h3-9,15,19H,10H2,1-2H3. The first-order valence-electron chi connectivity index (χ1n) is 6.39. The van der Waals surface area contributed by atoms with Crippen LogP contribution in [-0.4, -0.2) is 14.2 Å². The molecule has 0 spiro atoms. The van der Waals surface area contributed by atoms with Gasteiger partial charge in [-0.05, 0) is 42.8 Å². The van der Waals surface area contributed by atoms with Gasteiger partial charge in [-0.15, -0.1) is 0 Å². The minimum Gasteiger partial charge on any atom is -0.496 e. The molecule has 4 heteroatoms. The van der Waals surface area contributed by atoms with Crippen molar-refractivity contribution in [2.45, 2.75) is 12.5 Å². The van der Waals surface area contributed by atoms with Crippen LogP contribution in [0.25, 0.3) is 0 Å². The Balaban J connectivity index is 2.26. The summed E-state index contributed by atoms with van der Waals surface area (Å²) in [6, 6.07) is 12.7. The summed E-state index contributed by atoms with van der Waals surface area (Å²) in [4.78, 5) is 0. The molecule has 1 N–H and O–H groups in total. The molecule has 0 aromatic heterocycles. The van der Waals surface area contributed by atoms with Crippen LogP contribution in [0.1, 0.15) is 17.2 Å². The Morgan fingerprint density at radius 1 is 1.25 bits per heavy atom. The maximum Gasteiger partial charge on any atom is 0.142 e. The molecule has 2 aromatic rings. The number of para-hydroxylation sites is 1. The lowest BCUT2D eigenvalue weighted by atomic mass is 9.98.